The summed E-state index contributed by atoms with van der Waals surface area (Å²) in [6, 6.07) is 0. The third-order valence-electron chi connectivity index (χ3n) is 3.60. The molecular formula is C13H19F3N4. The van der Waals surface area contributed by atoms with Crippen LogP contribution in [-0.2, 0) is 6.54 Å². The second-order valence-corrected chi connectivity index (χ2v) is 5.14. The second-order valence-electron chi connectivity index (χ2n) is 5.14. The summed E-state index contributed by atoms with van der Waals surface area (Å²) in [5, 5.41) is 3.01. The van der Waals surface area contributed by atoms with Gasteiger partial charge < -0.3 is 10.2 Å². The van der Waals surface area contributed by atoms with E-state index in [0.717, 1.165) is 11.3 Å². The predicted octanol–water partition coefficient (Wildman–Crippen LogP) is 2.28. The number of rotatable bonds is 3. The molecule has 2 rings (SSSR count). The van der Waals surface area contributed by atoms with E-state index < -0.39 is 12.1 Å². The summed E-state index contributed by atoms with van der Waals surface area (Å²) in [5.41, 5.74) is 1.76. The Morgan fingerprint density at radius 1 is 1.45 bits per heavy atom. The Hall–Kier alpha value is -1.37. The highest BCUT2D eigenvalue weighted by Gasteiger charge is 2.42. The first-order chi connectivity index (χ1) is 9.41. The number of hydrogen-bond acceptors (Lipinski definition) is 4. The molecule has 7 heteroatoms. The van der Waals surface area contributed by atoms with Crippen LogP contribution in [0.15, 0.2) is 6.20 Å². The van der Waals surface area contributed by atoms with E-state index in [2.05, 4.69) is 15.3 Å². The van der Waals surface area contributed by atoms with Crippen LogP contribution in [-0.4, -0.2) is 36.3 Å². The first-order valence-electron chi connectivity index (χ1n) is 6.70. The Morgan fingerprint density at radius 3 is 2.80 bits per heavy atom. The lowest BCUT2D eigenvalue weighted by Gasteiger charge is -2.33. The van der Waals surface area contributed by atoms with Crippen molar-refractivity contribution in [3.63, 3.8) is 0 Å². The molecule has 0 aromatic carbocycles. The zero-order chi connectivity index (χ0) is 14.8. The number of hydrogen-bond donors (Lipinski definition) is 1. The maximum absolute atomic E-state index is 12.8. The maximum atomic E-state index is 12.8. The number of piperidine rings is 1. The molecule has 1 N–H and O–H groups in total. The number of alkyl halides is 3. The standard InChI is InChI=1S/C13H19F3N4/c1-9-10(6-17-2)7-18-12(19-9)20-5-3-4-11(8-20)13(14,15)16/h7,11,17H,3-6,8H2,1-2H3. The van der Waals surface area contributed by atoms with E-state index >= 15 is 0 Å². The minimum Gasteiger partial charge on any atom is -0.340 e. The molecule has 0 amide bonds. The van der Waals surface area contributed by atoms with Crippen molar-refractivity contribution in [2.24, 2.45) is 5.92 Å². The predicted molar refractivity (Wildman–Crippen MR) is 70.5 cm³/mol. The van der Waals surface area contributed by atoms with Gasteiger partial charge in [0.1, 0.15) is 0 Å². The number of aromatic nitrogens is 2. The minimum atomic E-state index is -4.14. The summed E-state index contributed by atoms with van der Waals surface area (Å²) >= 11 is 0. The van der Waals surface area contributed by atoms with E-state index in [4.69, 9.17) is 0 Å². The van der Waals surface area contributed by atoms with E-state index in [9.17, 15) is 13.2 Å². The molecule has 112 valence electrons. The van der Waals surface area contributed by atoms with Crippen LogP contribution in [0.2, 0.25) is 0 Å². The second kappa shape index (κ2) is 5.95. The van der Waals surface area contributed by atoms with Crippen LogP contribution in [0.1, 0.15) is 24.1 Å². The Kier molecular flexibility index (Phi) is 4.47. The Bertz CT molecular complexity index is 461. The molecule has 1 aromatic heterocycles. The summed E-state index contributed by atoms with van der Waals surface area (Å²) in [5.74, 6) is -0.881. The van der Waals surface area contributed by atoms with Gasteiger partial charge in [-0.1, -0.05) is 0 Å². The maximum Gasteiger partial charge on any atom is 0.393 e. The molecule has 0 bridgehead atoms. The molecule has 1 aromatic rings. The molecule has 4 nitrogen and oxygen atoms in total. The van der Waals surface area contributed by atoms with Crippen molar-refractivity contribution in [2.45, 2.75) is 32.5 Å². The Balaban J connectivity index is 2.13. The molecule has 1 unspecified atom stereocenters. The third-order valence-corrected chi connectivity index (χ3v) is 3.60. The SMILES string of the molecule is CNCc1cnc(N2CCCC(C(F)(F)F)C2)nc1C. The van der Waals surface area contributed by atoms with Gasteiger partial charge in [0, 0.05) is 37.1 Å². The summed E-state index contributed by atoms with van der Waals surface area (Å²) in [4.78, 5) is 10.2. The van der Waals surface area contributed by atoms with Crippen molar-refractivity contribution < 1.29 is 13.2 Å². The van der Waals surface area contributed by atoms with Gasteiger partial charge >= 0.3 is 6.18 Å². The fraction of sp³-hybridized carbons (Fsp3) is 0.692. The van der Waals surface area contributed by atoms with Gasteiger partial charge in [-0.25, -0.2) is 9.97 Å². The zero-order valence-corrected chi connectivity index (χ0v) is 11.7. The van der Waals surface area contributed by atoms with Gasteiger partial charge in [-0.3, -0.25) is 0 Å². The monoisotopic (exact) mass is 288 g/mol. The van der Waals surface area contributed by atoms with Gasteiger partial charge in [-0.15, -0.1) is 0 Å². The smallest absolute Gasteiger partial charge is 0.340 e. The van der Waals surface area contributed by atoms with Gasteiger partial charge in [0.25, 0.3) is 0 Å². The molecule has 0 spiro atoms. The molecule has 1 atom stereocenters. The number of nitrogens with one attached hydrogen (secondary N) is 1. The lowest BCUT2D eigenvalue weighted by atomic mass is 9.98. The van der Waals surface area contributed by atoms with Gasteiger partial charge in [0.05, 0.1) is 5.92 Å². The topological polar surface area (TPSA) is 41.1 Å². The number of nitrogens with zero attached hydrogens (tertiary/aromatic N) is 3. The van der Waals surface area contributed by atoms with E-state index in [1.165, 1.54) is 0 Å². The normalized spacial score (nSPS) is 20.2. The first-order valence-corrected chi connectivity index (χ1v) is 6.70. The van der Waals surface area contributed by atoms with Crippen molar-refractivity contribution in [3.8, 4) is 0 Å². The van der Waals surface area contributed by atoms with Crippen molar-refractivity contribution in [3.05, 3.63) is 17.5 Å². The number of aryl methyl sites for hydroxylation is 1. The summed E-state index contributed by atoms with van der Waals surface area (Å²) < 4.78 is 38.4. The fourth-order valence-corrected chi connectivity index (χ4v) is 2.42. The number of anilines is 1. The highest BCUT2D eigenvalue weighted by Crippen LogP contribution is 2.34. The van der Waals surface area contributed by atoms with Gasteiger partial charge in [-0.2, -0.15) is 13.2 Å². The molecule has 0 saturated carbocycles. The van der Waals surface area contributed by atoms with Gasteiger partial charge in [-0.05, 0) is 26.8 Å². The van der Waals surface area contributed by atoms with Crippen LogP contribution in [0.3, 0.4) is 0 Å². The summed E-state index contributed by atoms with van der Waals surface area (Å²) in [6.07, 6.45) is -1.74. The lowest BCUT2D eigenvalue weighted by Crippen LogP contribution is -2.42. The summed E-state index contributed by atoms with van der Waals surface area (Å²) in [6.45, 7) is 3.03. The van der Waals surface area contributed by atoms with Crippen molar-refractivity contribution in [1.29, 1.82) is 0 Å². The highest BCUT2D eigenvalue weighted by atomic mass is 19.4. The molecule has 1 aliphatic rings. The van der Waals surface area contributed by atoms with E-state index in [0.29, 0.717) is 25.5 Å². The third kappa shape index (κ3) is 3.39. The molecular weight excluding hydrogens is 269 g/mol. The van der Waals surface area contributed by atoms with Crippen LogP contribution in [0.4, 0.5) is 19.1 Å². The Morgan fingerprint density at radius 2 is 2.20 bits per heavy atom. The van der Waals surface area contributed by atoms with Crippen LogP contribution in [0.5, 0.6) is 0 Å². The summed E-state index contributed by atoms with van der Waals surface area (Å²) in [7, 11) is 1.83. The average molecular weight is 288 g/mol. The molecule has 1 saturated heterocycles. The van der Waals surface area contributed by atoms with Crippen LogP contribution >= 0.6 is 0 Å². The molecule has 0 aliphatic carbocycles. The molecule has 1 aliphatic heterocycles. The minimum absolute atomic E-state index is 0.0473. The molecule has 2 heterocycles. The molecule has 0 radical (unpaired) electrons. The van der Waals surface area contributed by atoms with Crippen LogP contribution in [0.25, 0.3) is 0 Å². The number of halogens is 3. The first kappa shape index (κ1) is 15.0. The highest BCUT2D eigenvalue weighted by molar-refractivity contribution is 5.33. The fourth-order valence-electron chi connectivity index (χ4n) is 2.42. The lowest BCUT2D eigenvalue weighted by molar-refractivity contribution is -0.176. The van der Waals surface area contributed by atoms with E-state index in [1.54, 1.807) is 11.1 Å². The molecule has 1 fully saturated rings. The van der Waals surface area contributed by atoms with Crippen LogP contribution < -0.4 is 10.2 Å². The van der Waals surface area contributed by atoms with Gasteiger partial charge in [0.15, 0.2) is 0 Å². The average Bonchev–Trinajstić information content (AvgIpc) is 2.40. The largest absolute Gasteiger partial charge is 0.393 e. The quantitative estimate of drug-likeness (QED) is 0.926. The van der Waals surface area contributed by atoms with Gasteiger partial charge in [0.2, 0.25) is 5.95 Å². The Labute approximate surface area is 116 Å². The van der Waals surface area contributed by atoms with E-state index in [-0.39, 0.29) is 13.0 Å². The van der Waals surface area contributed by atoms with Crippen molar-refractivity contribution in [2.75, 3.05) is 25.0 Å². The van der Waals surface area contributed by atoms with Crippen LogP contribution in [0, 0.1) is 12.8 Å². The molecule has 20 heavy (non-hydrogen) atoms. The van der Waals surface area contributed by atoms with Crippen molar-refractivity contribution in [1.82, 2.24) is 15.3 Å². The van der Waals surface area contributed by atoms with E-state index in [1.807, 2.05) is 14.0 Å². The zero-order valence-electron chi connectivity index (χ0n) is 11.7. The van der Waals surface area contributed by atoms with Crippen molar-refractivity contribution >= 4 is 5.95 Å².